The molecule has 0 aromatic heterocycles. The summed E-state index contributed by atoms with van der Waals surface area (Å²) in [5, 5.41) is 5.99. The second-order valence-electron chi connectivity index (χ2n) is 7.29. The van der Waals surface area contributed by atoms with Crippen molar-refractivity contribution >= 4 is 17.5 Å². The molecule has 2 amide bonds. The molecule has 5 nitrogen and oxygen atoms in total. The van der Waals surface area contributed by atoms with Gasteiger partial charge < -0.3 is 15.4 Å². The minimum absolute atomic E-state index is 0.0332. The summed E-state index contributed by atoms with van der Waals surface area (Å²) in [7, 11) is 1.64. The van der Waals surface area contributed by atoms with E-state index in [0.717, 1.165) is 41.0 Å². The van der Waals surface area contributed by atoms with Crippen molar-refractivity contribution in [2.45, 2.75) is 33.1 Å². The van der Waals surface area contributed by atoms with E-state index in [1.54, 1.807) is 7.11 Å². The zero-order valence-electron chi connectivity index (χ0n) is 16.7. The monoisotopic (exact) mass is 380 g/mol. The first-order valence-electron chi connectivity index (χ1n) is 9.83. The van der Waals surface area contributed by atoms with E-state index >= 15 is 0 Å². The van der Waals surface area contributed by atoms with Crippen LogP contribution in [0.15, 0.2) is 42.5 Å². The third-order valence-electron chi connectivity index (χ3n) is 5.32. The van der Waals surface area contributed by atoms with Gasteiger partial charge in [-0.1, -0.05) is 37.3 Å². The molecule has 2 unspecified atom stereocenters. The number of anilines is 1. The molecule has 1 aliphatic carbocycles. The van der Waals surface area contributed by atoms with Gasteiger partial charge in [-0.25, -0.2) is 0 Å². The van der Waals surface area contributed by atoms with Crippen LogP contribution in [0.2, 0.25) is 0 Å². The Hall–Kier alpha value is -2.82. The van der Waals surface area contributed by atoms with Crippen LogP contribution < -0.4 is 15.4 Å². The van der Waals surface area contributed by atoms with Gasteiger partial charge in [-0.3, -0.25) is 9.59 Å². The minimum atomic E-state index is -0.231. The average Bonchev–Trinajstić information content (AvgIpc) is 3.51. The zero-order valence-corrected chi connectivity index (χ0v) is 16.7. The molecule has 28 heavy (non-hydrogen) atoms. The van der Waals surface area contributed by atoms with E-state index < -0.39 is 0 Å². The van der Waals surface area contributed by atoms with Gasteiger partial charge in [0, 0.05) is 12.2 Å². The highest BCUT2D eigenvalue weighted by atomic mass is 16.5. The standard InChI is InChI=1S/C23H28N2O3/c1-4-17-7-5-6-15(2)21(17)25-23(27)20-14-19(20)22(26)24-13-12-16-8-10-18(28-3)11-9-16/h5-11,19-20H,4,12-14H2,1-3H3,(H,24,26)(H,25,27). The minimum Gasteiger partial charge on any atom is -0.497 e. The topological polar surface area (TPSA) is 67.4 Å². The Balaban J connectivity index is 1.46. The molecule has 1 fully saturated rings. The summed E-state index contributed by atoms with van der Waals surface area (Å²) < 4.78 is 5.14. The molecule has 0 bridgehead atoms. The summed E-state index contributed by atoms with van der Waals surface area (Å²) in [6, 6.07) is 13.8. The van der Waals surface area contributed by atoms with Crippen LogP contribution in [0.5, 0.6) is 5.75 Å². The van der Waals surface area contributed by atoms with Crippen LogP contribution in [0.25, 0.3) is 0 Å². The fourth-order valence-electron chi connectivity index (χ4n) is 3.45. The summed E-state index contributed by atoms with van der Waals surface area (Å²) in [6.07, 6.45) is 2.23. The van der Waals surface area contributed by atoms with Crippen LogP contribution in [0.4, 0.5) is 5.69 Å². The summed E-state index contributed by atoms with van der Waals surface area (Å²) >= 11 is 0. The van der Waals surface area contributed by atoms with Crippen LogP contribution in [-0.2, 0) is 22.4 Å². The summed E-state index contributed by atoms with van der Waals surface area (Å²) in [6.45, 7) is 4.62. The van der Waals surface area contributed by atoms with Gasteiger partial charge in [-0.05, 0) is 55.0 Å². The summed E-state index contributed by atoms with van der Waals surface area (Å²) in [5.41, 5.74) is 4.20. The van der Waals surface area contributed by atoms with Gasteiger partial charge in [0.2, 0.25) is 11.8 Å². The van der Waals surface area contributed by atoms with Gasteiger partial charge in [-0.2, -0.15) is 0 Å². The van der Waals surface area contributed by atoms with Crippen LogP contribution in [0.3, 0.4) is 0 Å². The highest BCUT2D eigenvalue weighted by Crippen LogP contribution is 2.40. The third-order valence-corrected chi connectivity index (χ3v) is 5.32. The number of methoxy groups -OCH3 is 1. The number of benzene rings is 2. The molecule has 5 heteroatoms. The van der Waals surface area contributed by atoms with Crippen LogP contribution >= 0.6 is 0 Å². The summed E-state index contributed by atoms with van der Waals surface area (Å²) in [5.74, 6) is 0.281. The smallest absolute Gasteiger partial charge is 0.228 e. The number of amides is 2. The molecule has 0 heterocycles. The largest absolute Gasteiger partial charge is 0.497 e. The van der Waals surface area contributed by atoms with Crippen LogP contribution in [-0.4, -0.2) is 25.5 Å². The number of hydrogen-bond acceptors (Lipinski definition) is 3. The molecular formula is C23H28N2O3. The van der Waals surface area contributed by atoms with Crippen molar-refractivity contribution in [3.05, 3.63) is 59.2 Å². The van der Waals surface area contributed by atoms with Crippen LogP contribution in [0, 0.1) is 18.8 Å². The molecule has 0 radical (unpaired) electrons. The molecule has 2 atom stereocenters. The van der Waals surface area contributed by atoms with Crippen molar-refractivity contribution in [2.24, 2.45) is 11.8 Å². The maximum absolute atomic E-state index is 12.6. The van der Waals surface area contributed by atoms with E-state index in [1.165, 1.54) is 0 Å². The first-order chi connectivity index (χ1) is 13.5. The molecule has 148 valence electrons. The Kier molecular flexibility index (Phi) is 6.34. The van der Waals surface area contributed by atoms with Crippen molar-refractivity contribution < 1.29 is 14.3 Å². The van der Waals surface area contributed by atoms with Gasteiger partial charge >= 0.3 is 0 Å². The van der Waals surface area contributed by atoms with E-state index in [-0.39, 0.29) is 23.7 Å². The number of carbonyl (C=O) groups excluding carboxylic acids is 2. The Morgan fingerprint density at radius 3 is 2.46 bits per heavy atom. The zero-order chi connectivity index (χ0) is 20.1. The Bertz CT molecular complexity index is 845. The SMILES string of the molecule is CCc1cccc(C)c1NC(=O)C1CC1C(=O)NCCc1ccc(OC)cc1. The molecule has 1 saturated carbocycles. The molecule has 1 aliphatic rings. The van der Waals surface area contributed by atoms with Crippen LogP contribution in [0.1, 0.15) is 30.0 Å². The van der Waals surface area contributed by atoms with E-state index in [0.29, 0.717) is 13.0 Å². The maximum Gasteiger partial charge on any atom is 0.228 e. The number of para-hydroxylation sites is 1. The fourth-order valence-corrected chi connectivity index (χ4v) is 3.45. The number of nitrogens with one attached hydrogen (secondary N) is 2. The molecule has 0 saturated heterocycles. The van der Waals surface area contributed by atoms with Gasteiger partial charge in [-0.15, -0.1) is 0 Å². The van der Waals surface area contributed by atoms with Gasteiger partial charge in [0.05, 0.1) is 18.9 Å². The quantitative estimate of drug-likeness (QED) is 0.737. The normalized spacial score (nSPS) is 17.7. The van der Waals surface area contributed by atoms with Crippen molar-refractivity contribution in [3.63, 3.8) is 0 Å². The lowest BCUT2D eigenvalue weighted by molar-refractivity contribution is -0.125. The first kappa shape index (κ1) is 19.9. The van der Waals surface area contributed by atoms with Crippen molar-refractivity contribution in [1.29, 1.82) is 0 Å². The molecule has 0 aliphatic heterocycles. The van der Waals surface area contributed by atoms with E-state index in [2.05, 4.69) is 17.6 Å². The lowest BCUT2D eigenvalue weighted by Crippen LogP contribution is -2.29. The van der Waals surface area contributed by atoms with Crippen molar-refractivity contribution in [1.82, 2.24) is 5.32 Å². The molecule has 2 N–H and O–H groups in total. The average molecular weight is 380 g/mol. The Morgan fingerprint density at radius 1 is 1.07 bits per heavy atom. The van der Waals surface area contributed by atoms with Gasteiger partial charge in [0.1, 0.15) is 5.75 Å². The lowest BCUT2D eigenvalue weighted by Gasteiger charge is -2.13. The molecule has 0 spiro atoms. The fraction of sp³-hybridized carbons (Fsp3) is 0.391. The van der Waals surface area contributed by atoms with Crippen molar-refractivity contribution in [3.8, 4) is 5.75 Å². The maximum atomic E-state index is 12.6. The molecule has 3 rings (SSSR count). The third kappa shape index (κ3) is 4.71. The molecular weight excluding hydrogens is 352 g/mol. The predicted octanol–water partition coefficient (Wildman–Crippen LogP) is 3.50. The van der Waals surface area contributed by atoms with Gasteiger partial charge in [0.15, 0.2) is 0 Å². The highest BCUT2D eigenvalue weighted by Gasteiger charge is 2.48. The Morgan fingerprint density at radius 2 is 1.79 bits per heavy atom. The van der Waals surface area contributed by atoms with E-state index in [9.17, 15) is 9.59 Å². The second-order valence-corrected chi connectivity index (χ2v) is 7.29. The lowest BCUT2D eigenvalue weighted by atomic mass is 10.1. The van der Waals surface area contributed by atoms with E-state index in [4.69, 9.17) is 4.74 Å². The summed E-state index contributed by atoms with van der Waals surface area (Å²) in [4.78, 5) is 24.9. The molecule has 2 aromatic carbocycles. The number of ether oxygens (including phenoxy) is 1. The van der Waals surface area contributed by atoms with Gasteiger partial charge in [0.25, 0.3) is 0 Å². The number of carbonyl (C=O) groups is 2. The molecule has 2 aromatic rings. The Labute approximate surface area is 166 Å². The second kappa shape index (κ2) is 8.91. The highest BCUT2D eigenvalue weighted by molar-refractivity contribution is 6.00. The number of aryl methyl sites for hydroxylation is 2. The number of rotatable bonds is 8. The number of hydrogen-bond donors (Lipinski definition) is 2. The first-order valence-corrected chi connectivity index (χ1v) is 9.83. The van der Waals surface area contributed by atoms with E-state index in [1.807, 2.05) is 49.4 Å². The van der Waals surface area contributed by atoms with Crippen molar-refractivity contribution in [2.75, 3.05) is 19.0 Å². The predicted molar refractivity (Wildman–Crippen MR) is 110 cm³/mol.